The molecule has 1 aromatic heterocycles. The first-order chi connectivity index (χ1) is 17.1. The topological polar surface area (TPSA) is 25.4 Å². The first-order valence-electron chi connectivity index (χ1n) is 12.8. The Morgan fingerprint density at radius 3 is 2.26 bits per heavy atom. The van der Waals surface area contributed by atoms with Crippen molar-refractivity contribution in [2.24, 2.45) is 5.41 Å². The van der Waals surface area contributed by atoms with E-state index in [1.165, 1.54) is 45.1 Å². The molecule has 3 aromatic rings. The number of aryl methyl sites for hydroxylation is 1. The number of nitrogens with zero attached hydrogens (tertiary/aromatic N) is 2. The Balaban J connectivity index is 1.07. The number of ether oxygens (including phenoxy) is 1. The average molecular weight is 483 g/mol. The highest BCUT2D eigenvalue weighted by Gasteiger charge is 2.49. The van der Waals surface area contributed by atoms with Crippen molar-refractivity contribution in [2.45, 2.75) is 57.5 Å². The van der Waals surface area contributed by atoms with Crippen LogP contribution >= 0.6 is 11.6 Å². The van der Waals surface area contributed by atoms with E-state index in [0.29, 0.717) is 5.41 Å². The Labute approximate surface area is 213 Å². The fourth-order valence-corrected chi connectivity index (χ4v) is 4.94. The summed E-state index contributed by atoms with van der Waals surface area (Å²) in [5, 5.41) is 0.733. The van der Waals surface area contributed by atoms with Gasteiger partial charge in [0, 0.05) is 46.4 Å². The second kappa shape index (κ2) is 9.34. The Morgan fingerprint density at radius 1 is 0.943 bits per heavy atom. The van der Waals surface area contributed by atoms with Gasteiger partial charge in [0.05, 0.1) is 6.61 Å². The van der Waals surface area contributed by atoms with E-state index < -0.39 is 0 Å². The number of rotatable bonds is 8. The molecular formula is C31H31ClN2O. The molecule has 1 heterocycles. The molecular weight excluding hydrogens is 452 g/mol. The van der Waals surface area contributed by atoms with Crippen LogP contribution in [0.15, 0.2) is 60.8 Å². The van der Waals surface area contributed by atoms with Gasteiger partial charge in [-0.1, -0.05) is 35.7 Å². The summed E-state index contributed by atoms with van der Waals surface area (Å²) in [7, 11) is 0. The summed E-state index contributed by atoms with van der Waals surface area (Å²) in [5.74, 6) is 7.42. The van der Waals surface area contributed by atoms with E-state index in [1.54, 1.807) is 0 Å². The van der Waals surface area contributed by atoms with Crippen molar-refractivity contribution in [1.82, 2.24) is 9.88 Å². The molecule has 35 heavy (non-hydrogen) atoms. The quantitative estimate of drug-likeness (QED) is 0.326. The fourth-order valence-electron chi connectivity index (χ4n) is 4.82. The van der Waals surface area contributed by atoms with E-state index in [-0.39, 0.29) is 0 Å². The summed E-state index contributed by atoms with van der Waals surface area (Å²) in [6.07, 6.45) is 10.1. The number of aromatic nitrogens is 1. The normalized spacial score (nSPS) is 18.1. The van der Waals surface area contributed by atoms with Gasteiger partial charge in [0.25, 0.3) is 0 Å². The van der Waals surface area contributed by atoms with E-state index in [4.69, 9.17) is 16.3 Å². The van der Waals surface area contributed by atoms with Crippen LogP contribution in [0.4, 0.5) is 0 Å². The zero-order valence-electron chi connectivity index (χ0n) is 20.3. The molecule has 0 amide bonds. The highest BCUT2D eigenvalue weighted by molar-refractivity contribution is 6.30. The van der Waals surface area contributed by atoms with Crippen molar-refractivity contribution < 1.29 is 4.74 Å². The van der Waals surface area contributed by atoms with Gasteiger partial charge in [-0.3, -0.25) is 4.90 Å². The zero-order chi connectivity index (χ0) is 23.8. The molecule has 0 unspecified atom stereocenters. The summed E-state index contributed by atoms with van der Waals surface area (Å²) in [6, 6.07) is 19.8. The third kappa shape index (κ3) is 5.56. The molecule has 0 N–H and O–H groups in total. The SMILES string of the molecule is Cc1cc(C#Cc2ccc(-c3ccc(Cl)cc3)cn2)ccc1OCC1(CN(C2CC2)C2CC2)CC1. The monoisotopic (exact) mass is 482 g/mol. The minimum absolute atomic E-state index is 0.375. The van der Waals surface area contributed by atoms with E-state index in [1.807, 2.05) is 42.6 Å². The highest BCUT2D eigenvalue weighted by Crippen LogP contribution is 2.50. The van der Waals surface area contributed by atoms with Crippen molar-refractivity contribution in [3.05, 3.63) is 82.6 Å². The fraction of sp³-hybridized carbons (Fsp3) is 0.387. The Morgan fingerprint density at radius 2 is 1.66 bits per heavy atom. The molecule has 0 aliphatic heterocycles. The lowest BCUT2D eigenvalue weighted by Gasteiger charge is -2.27. The number of hydrogen-bond acceptors (Lipinski definition) is 3. The molecule has 0 atom stereocenters. The van der Waals surface area contributed by atoms with Gasteiger partial charge in [0.15, 0.2) is 0 Å². The second-order valence-electron chi connectivity index (χ2n) is 10.6. The van der Waals surface area contributed by atoms with Crippen LogP contribution in [0.25, 0.3) is 11.1 Å². The third-order valence-electron chi connectivity index (χ3n) is 7.49. The van der Waals surface area contributed by atoms with Gasteiger partial charge in [-0.05, 0) is 98.9 Å². The smallest absolute Gasteiger partial charge is 0.122 e. The zero-order valence-corrected chi connectivity index (χ0v) is 21.0. The standard InChI is InChI=1S/C31H31ClN2O/c1-22-18-23(2-9-27-10-6-25(19-33-27)24-4-7-26(32)8-5-24)3-15-30(22)35-21-31(16-17-31)20-34(28-11-12-28)29-13-14-29/h3-8,10,15,18-19,28-29H,11-14,16-17,20-21H2,1H3. The summed E-state index contributed by atoms with van der Waals surface area (Å²) in [4.78, 5) is 7.32. The molecule has 3 aliphatic rings. The van der Waals surface area contributed by atoms with Crippen LogP contribution in [-0.4, -0.2) is 35.1 Å². The van der Waals surface area contributed by atoms with Crippen LogP contribution in [0, 0.1) is 24.2 Å². The van der Waals surface area contributed by atoms with Gasteiger partial charge < -0.3 is 4.74 Å². The van der Waals surface area contributed by atoms with Crippen LogP contribution < -0.4 is 4.74 Å². The summed E-state index contributed by atoms with van der Waals surface area (Å²) in [6.45, 7) is 4.17. The first-order valence-corrected chi connectivity index (χ1v) is 13.2. The third-order valence-corrected chi connectivity index (χ3v) is 7.74. The van der Waals surface area contributed by atoms with Crippen molar-refractivity contribution in [3.8, 4) is 28.7 Å². The highest BCUT2D eigenvalue weighted by atomic mass is 35.5. The van der Waals surface area contributed by atoms with Crippen molar-refractivity contribution in [3.63, 3.8) is 0 Å². The number of halogens is 1. The van der Waals surface area contributed by atoms with E-state index >= 15 is 0 Å². The van der Waals surface area contributed by atoms with Gasteiger partial charge in [0.2, 0.25) is 0 Å². The molecule has 0 radical (unpaired) electrons. The minimum atomic E-state index is 0.375. The molecule has 0 bridgehead atoms. The molecule has 3 aliphatic carbocycles. The molecule has 178 valence electrons. The number of benzene rings is 2. The Hall–Kier alpha value is -2.80. The van der Waals surface area contributed by atoms with Crippen LogP contribution in [0.1, 0.15) is 55.3 Å². The van der Waals surface area contributed by atoms with Gasteiger partial charge >= 0.3 is 0 Å². The molecule has 6 rings (SSSR count). The Bertz CT molecular complexity index is 1250. The predicted molar refractivity (Wildman–Crippen MR) is 142 cm³/mol. The molecule has 0 spiro atoms. The average Bonchev–Trinajstić information content (AvgIpc) is 3.73. The van der Waals surface area contributed by atoms with Gasteiger partial charge in [-0.2, -0.15) is 0 Å². The van der Waals surface area contributed by atoms with Crippen LogP contribution in [0.5, 0.6) is 5.75 Å². The molecule has 4 heteroatoms. The van der Waals surface area contributed by atoms with Crippen LogP contribution in [0.2, 0.25) is 5.02 Å². The largest absolute Gasteiger partial charge is 0.493 e. The molecule has 0 saturated heterocycles. The summed E-state index contributed by atoms with van der Waals surface area (Å²) < 4.78 is 6.35. The lowest BCUT2D eigenvalue weighted by atomic mass is 10.1. The summed E-state index contributed by atoms with van der Waals surface area (Å²) >= 11 is 5.98. The molecule has 2 aromatic carbocycles. The van der Waals surface area contributed by atoms with Gasteiger partial charge in [0.1, 0.15) is 11.4 Å². The van der Waals surface area contributed by atoms with Crippen molar-refractivity contribution in [2.75, 3.05) is 13.2 Å². The first kappa shape index (κ1) is 22.7. The molecule has 3 nitrogen and oxygen atoms in total. The minimum Gasteiger partial charge on any atom is -0.493 e. The number of pyridine rings is 1. The van der Waals surface area contributed by atoms with Crippen LogP contribution in [-0.2, 0) is 0 Å². The van der Waals surface area contributed by atoms with E-state index in [0.717, 1.165) is 57.4 Å². The maximum absolute atomic E-state index is 6.35. The number of hydrogen-bond donors (Lipinski definition) is 0. The van der Waals surface area contributed by atoms with Crippen molar-refractivity contribution in [1.29, 1.82) is 0 Å². The van der Waals surface area contributed by atoms with E-state index in [9.17, 15) is 0 Å². The van der Waals surface area contributed by atoms with Crippen molar-refractivity contribution >= 4 is 11.6 Å². The molecule has 3 saturated carbocycles. The Kier molecular flexibility index (Phi) is 6.04. The van der Waals surface area contributed by atoms with Gasteiger partial charge in [-0.15, -0.1) is 0 Å². The lowest BCUT2D eigenvalue weighted by molar-refractivity contribution is 0.149. The molecule has 3 fully saturated rings. The van der Waals surface area contributed by atoms with E-state index in [2.05, 4.69) is 46.8 Å². The van der Waals surface area contributed by atoms with Gasteiger partial charge in [-0.25, -0.2) is 4.98 Å². The van der Waals surface area contributed by atoms with Crippen LogP contribution in [0.3, 0.4) is 0 Å². The summed E-state index contributed by atoms with van der Waals surface area (Å²) in [5.41, 5.74) is 5.39. The maximum atomic E-state index is 6.35. The lowest BCUT2D eigenvalue weighted by Crippen LogP contribution is -2.36. The predicted octanol–water partition coefficient (Wildman–Crippen LogP) is 6.90. The maximum Gasteiger partial charge on any atom is 0.122 e. The second-order valence-corrected chi connectivity index (χ2v) is 11.0.